The van der Waals surface area contributed by atoms with Crippen LogP contribution in [0.3, 0.4) is 0 Å². The van der Waals surface area contributed by atoms with Crippen LogP contribution in [0, 0.1) is 0 Å². The molecule has 0 aliphatic carbocycles. The van der Waals surface area contributed by atoms with E-state index in [1.54, 1.807) is 6.07 Å². The molecule has 106 valence electrons. The Morgan fingerprint density at radius 1 is 1.05 bits per heavy atom. The molecule has 0 aromatic heterocycles. The highest BCUT2D eigenvalue weighted by Crippen LogP contribution is 2.28. The zero-order valence-corrected chi connectivity index (χ0v) is 11.9. The van der Waals surface area contributed by atoms with E-state index >= 15 is 0 Å². The summed E-state index contributed by atoms with van der Waals surface area (Å²) in [6, 6.07) is 17.9. The number of nitrogens with two attached hydrogens (primary N) is 1. The van der Waals surface area contributed by atoms with E-state index in [1.807, 2.05) is 36.4 Å². The molecular weight excluding hydrogens is 248 g/mol. The molecule has 2 aromatic rings. The number of phenols is 1. The maximum Gasteiger partial charge on any atom is 0.120 e. The van der Waals surface area contributed by atoms with Gasteiger partial charge in [0.1, 0.15) is 5.75 Å². The summed E-state index contributed by atoms with van der Waals surface area (Å²) in [6.07, 6.45) is 0. The Morgan fingerprint density at radius 3 is 2.35 bits per heavy atom. The van der Waals surface area contributed by atoms with Crippen molar-refractivity contribution >= 4 is 0 Å². The summed E-state index contributed by atoms with van der Waals surface area (Å²) in [5, 5.41) is 10.0. The number of benzene rings is 2. The summed E-state index contributed by atoms with van der Waals surface area (Å²) < 4.78 is 0. The van der Waals surface area contributed by atoms with Gasteiger partial charge in [-0.25, -0.2) is 0 Å². The summed E-state index contributed by atoms with van der Waals surface area (Å²) in [4.78, 5) is 2.28. The minimum Gasteiger partial charge on any atom is -0.508 e. The molecule has 0 heterocycles. The smallest absolute Gasteiger partial charge is 0.120 e. The van der Waals surface area contributed by atoms with E-state index < -0.39 is 0 Å². The predicted octanol–water partition coefficient (Wildman–Crippen LogP) is 2.91. The summed E-state index contributed by atoms with van der Waals surface area (Å²) >= 11 is 0. The van der Waals surface area contributed by atoms with Gasteiger partial charge in [0.25, 0.3) is 0 Å². The van der Waals surface area contributed by atoms with Crippen LogP contribution in [0.25, 0.3) is 0 Å². The van der Waals surface area contributed by atoms with E-state index in [4.69, 9.17) is 5.73 Å². The lowest BCUT2D eigenvalue weighted by atomic mass is 10.0. The van der Waals surface area contributed by atoms with E-state index in [0.717, 1.165) is 18.7 Å². The number of rotatable bonds is 6. The van der Waals surface area contributed by atoms with Gasteiger partial charge in [-0.2, -0.15) is 0 Å². The van der Waals surface area contributed by atoms with Crippen LogP contribution in [0.5, 0.6) is 5.75 Å². The van der Waals surface area contributed by atoms with E-state index in [-0.39, 0.29) is 6.04 Å². The van der Waals surface area contributed by atoms with Gasteiger partial charge in [-0.05, 0) is 18.6 Å². The molecule has 0 spiro atoms. The molecule has 1 unspecified atom stereocenters. The highest BCUT2D eigenvalue weighted by atomic mass is 16.3. The van der Waals surface area contributed by atoms with Crippen molar-refractivity contribution in [3.8, 4) is 5.75 Å². The fraction of sp³-hybridized carbons (Fsp3) is 0.294. The fourth-order valence-corrected chi connectivity index (χ4v) is 2.43. The highest BCUT2D eigenvalue weighted by Gasteiger charge is 2.17. The summed E-state index contributed by atoms with van der Waals surface area (Å²) in [5.41, 5.74) is 7.93. The van der Waals surface area contributed by atoms with Gasteiger partial charge in [0.15, 0.2) is 0 Å². The molecule has 20 heavy (non-hydrogen) atoms. The number of nitrogens with zero attached hydrogens (tertiary/aromatic N) is 1. The van der Waals surface area contributed by atoms with Crippen LogP contribution in [0.1, 0.15) is 24.1 Å². The van der Waals surface area contributed by atoms with Gasteiger partial charge in [-0.3, -0.25) is 4.90 Å². The van der Waals surface area contributed by atoms with Crippen molar-refractivity contribution in [2.75, 3.05) is 13.1 Å². The average Bonchev–Trinajstić information content (AvgIpc) is 2.48. The van der Waals surface area contributed by atoms with Crippen LogP contribution in [0.15, 0.2) is 54.6 Å². The normalized spacial score (nSPS) is 12.6. The lowest BCUT2D eigenvalue weighted by molar-refractivity contribution is 0.204. The van der Waals surface area contributed by atoms with Crippen LogP contribution in [-0.2, 0) is 6.54 Å². The molecule has 0 bridgehead atoms. The highest BCUT2D eigenvalue weighted by molar-refractivity contribution is 5.34. The van der Waals surface area contributed by atoms with Crippen molar-refractivity contribution in [1.82, 2.24) is 4.90 Å². The predicted molar refractivity (Wildman–Crippen MR) is 82.4 cm³/mol. The molecule has 0 fully saturated rings. The Hall–Kier alpha value is -1.84. The van der Waals surface area contributed by atoms with Gasteiger partial charge in [-0.1, -0.05) is 48.5 Å². The second kappa shape index (κ2) is 7.08. The van der Waals surface area contributed by atoms with Crippen molar-refractivity contribution in [3.05, 3.63) is 65.7 Å². The molecule has 0 saturated heterocycles. The van der Waals surface area contributed by atoms with Crippen molar-refractivity contribution in [2.45, 2.75) is 19.5 Å². The van der Waals surface area contributed by atoms with Crippen molar-refractivity contribution in [2.24, 2.45) is 5.73 Å². The number of hydrogen-bond donors (Lipinski definition) is 2. The number of hydrogen-bond acceptors (Lipinski definition) is 3. The number of aromatic hydroxyl groups is 1. The molecule has 1 atom stereocenters. The second-order valence-corrected chi connectivity index (χ2v) is 4.98. The largest absolute Gasteiger partial charge is 0.508 e. The summed E-state index contributed by atoms with van der Waals surface area (Å²) in [5.74, 6) is 0.343. The minimum atomic E-state index is 0.125. The first kappa shape index (κ1) is 14.6. The van der Waals surface area contributed by atoms with Crippen molar-refractivity contribution < 1.29 is 5.11 Å². The molecule has 2 rings (SSSR count). The van der Waals surface area contributed by atoms with Crippen LogP contribution in [0.2, 0.25) is 0 Å². The van der Waals surface area contributed by atoms with Gasteiger partial charge in [0.05, 0.1) is 0 Å². The fourth-order valence-electron chi connectivity index (χ4n) is 2.43. The third kappa shape index (κ3) is 3.59. The molecule has 0 saturated carbocycles. The molecule has 0 aliphatic heterocycles. The topological polar surface area (TPSA) is 49.5 Å². The number of phenolic OH excluding ortho intramolecular Hbond substituents is 1. The zero-order chi connectivity index (χ0) is 14.4. The van der Waals surface area contributed by atoms with Crippen LogP contribution >= 0.6 is 0 Å². The third-order valence-electron chi connectivity index (χ3n) is 3.58. The first-order chi connectivity index (χ1) is 9.72. The Labute approximate surface area is 120 Å². The van der Waals surface area contributed by atoms with E-state index in [9.17, 15) is 5.11 Å². The molecule has 3 heteroatoms. The lowest BCUT2D eigenvalue weighted by Crippen LogP contribution is -2.31. The monoisotopic (exact) mass is 270 g/mol. The van der Waals surface area contributed by atoms with Gasteiger partial charge in [0, 0.05) is 31.2 Å². The Bertz CT molecular complexity index is 528. The first-order valence-electron chi connectivity index (χ1n) is 6.98. The quantitative estimate of drug-likeness (QED) is 0.848. The van der Waals surface area contributed by atoms with Crippen LogP contribution < -0.4 is 5.73 Å². The van der Waals surface area contributed by atoms with Gasteiger partial charge >= 0.3 is 0 Å². The van der Waals surface area contributed by atoms with Crippen molar-refractivity contribution in [3.63, 3.8) is 0 Å². The van der Waals surface area contributed by atoms with E-state index in [1.165, 1.54) is 5.56 Å². The molecule has 0 aliphatic rings. The Balaban J connectivity index is 2.18. The third-order valence-corrected chi connectivity index (χ3v) is 3.58. The SMILES string of the molecule is CC(c1ccccc1O)N(CCN)Cc1ccccc1. The second-order valence-electron chi connectivity index (χ2n) is 4.98. The first-order valence-corrected chi connectivity index (χ1v) is 6.98. The van der Waals surface area contributed by atoms with Gasteiger partial charge in [0.2, 0.25) is 0 Å². The van der Waals surface area contributed by atoms with E-state index in [0.29, 0.717) is 12.3 Å². The molecule has 3 N–H and O–H groups in total. The molecular formula is C17H22N2O. The maximum absolute atomic E-state index is 10.0. The zero-order valence-electron chi connectivity index (χ0n) is 11.9. The molecule has 3 nitrogen and oxygen atoms in total. The molecule has 2 aromatic carbocycles. The summed E-state index contributed by atoms with van der Waals surface area (Å²) in [7, 11) is 0. The Kier molecular flexibility index (Phi) is 5.16. The van der Waals surface area contributed by atoms with Crippen LogP contribution in [0.4, 0.5) is 0 Å². The average molecular weight is 270 g/mol. The number of para-hydroxylation sites is 1. The molecule has 0 amide bonds. The van der Waals surface area contributed by atoms with E-state index in [2.05, 4.69) is 24.0 Å². The summed E-state index contributed by atoms with van der Waals surface area (Å²) in [6.45, 7) is 4.33. The standard InChI is InChI=1S/C17H22N2O/c1-14(16-9-5-6-10-17(16)20)19(12-11-18)13-15-7-3-2-4-8-15/h2-10,14,20H,11-13,18H2,1H3. The van der Waals surface area contributed by atoms with Gasteiger partial charge in [-0.15, -0.1) is 0 Å². The van der Waals surface area contributed by atoms with Gasteiger partial charge < -0.3 is 10.8 Å². The minimum absolute atomic E-state index is 0.125. The lowest BCUT2D eigenvalue weighted by Gasteiger charge is -2.29. The Morgan fingerprint density at radius 2 is 1.70 bits per heavy atom. The maximum atomic E-state index is 10.0. The molecule has 0 radical (unpaired) electrons. The van der Waals surface area contributed by atoms with Crippen LogP contribution in [-0.4, -0.2) is 23.1 Å². The van der Waals surface area contributed by atoms with Crippen molar-refractivity contribution in [1.29, 1.82) is 0 Å².